The summed E-state index contributed by atoms with van der Waals surface area (Å²) in [6, 6.07) is 12.3. The number of thiophene rings is 1. The predicted molar refractivity (Wildman–Crippen MR) is 167 cm³/mol. The quantitative estimate of drug-likeness (QED) is 0.281. The van der Waals surface area contributed by atoms with Gasteiger partial charge >= 0.3 is 0 Å². The Labute approximate surface area is 263 Å². The summed E-state index contributed by atoms with van der Waals surface area (Å²) in [5, 5.41) is 3.27. The molecule has 2 aliphatic heterocycles. The molecule has 3 heterocycles. The number of amides is 5. The van der Waals surface area contributed by atoms with Gasteiger partial charge in [-0.25, -0.2) is 0 Å². The highest BCUT2D eigenvalue weighted by Crippen LogP contribution is 2.57. The topological polar surface area (TPSA) is 104 Å². The zero-order valence-corrected chi connectivity index (χ0v) is 26.1. The van der Waals surface area contributed by atoms with E-state index in [4.69, 9.17) is 0 Å². The first-order valence-corrected chi connectivity index (χ1v) is 17.3. The van der Waals surface area contributed by atoms with E-state index in [0.29, 0.717) is 16.2 Å². The van der Waals surface area contributed by atoms with Crippen LogP contribution in [0.15, 0.2) is 47.4 Å². The van der Waals surface area contributed by atoms with Gasteiger partial charge in [0.1, 0.15) is 6.04 Å². The van der Waals surface area contributed by atoms with Gasteiger partial charge < -0.3 is 4.90 Å². The van der Waals surface area contributed by atoms with Gasteiger partial charge in [0.2, 0.25) is 11.8 Å². The molecule has 1 atom stereocenters. The first-order chi connectivity index (χ1) is 21.2. The third kappa shape index (κ3) is 4.43. The van der Waals surface area contributed by atoms with Gasteiger partial charge in [-0.15, -0.1) is 23.1 Å². The summed E-state index contributed by atoms with van der Waals surface area (Å²) in [5.74, 6) is 1.02. The Kier molecular flexibility index (Phi) is 6.54. The van der Waals surface area contributed by atoms with Gasteiger partial charge in [0.05, 0.1) is 11.1 Å². The molecule has 5 amide bonds. The van der Waals surface area contributed by atoms with Gasteiger partial charge in [-0.2, -0.15) is 0 Å². The van der Waals surface area contributed by atoms with E-state index in [1.165, 1.54) is 31.0 Å². The van der Waals surface area contributed by atoms with E-state index in [0.717, 1.165) is 62.4 Å². The lowest BCUT2D eigenvalue weighted by molar-refractivity contribution is -0.136. The molecule has 5 fully saturated rings. The molecule has 4 aliphatic carbocycles. The third-order valence-corrected chi connectivity index (χ3v) is 13.0. The van der Waals surface area contributed by atoms with E-state index in [2.05, 4.69) is 16.3 Å². The van der Waals surface area contributed by atoms with Gasteiger partial charge in [0.15, 0.2) is 0 Å². The second-order valence-electron chi connectivity index (χ2n) is 13.4. The summed E-state index contributed by atoms with van der Waals surface area (Å²) in [4.78, 5) is 69.4. The normalized spacial score (nSPS) is 29.0. The van der Waals surface area contributed by atoms with Gasteiger partial charge in [-0.3, -0.25) is 34.2 Å². The van der Waals surface area contributed by atoms with Crippen LogP contribution in [0.3, 0.4) is 0 Å². The summed E-state index contributed by atoms with van der Waals surface area (Å²) in [6.45, 7) is 0. The molecule has 0 spiro atoms. The molecule has 1 N–H and O–H groups in total. The van der Waals surface area contributed by atoms with E-state index in [1.807, 2.05) is 31.3 Å². The van der Waals surface area contributed by atoms with Crippen molar-refractivity contribution in [1.29, 1.82) is 0 Å². The summed E-state index contributed by atoms with van der Waals surface area (Å²) >= 11 is 3.14. The monoisotopic (exact) mass is 627 g/mol. The number of hydrogen-bond donors (Lipinski definition) is 1. The third-order valence-electron chi connectivity index (χ3n) is 10.6. The number of benzene rings is 2. The predicted octanol–water partition coefficient (Wildman–Crippen LogP) is 5.64. The molecule has 1 aromatic heterocycles. The molecule has 8 nitrogen and oxygen atoms in total. The number of piperidine rings is 1. The van der Waals surface area contributed by atoms with E-state index < -0.39 is 29.7 Å². The lowest BCUT2D eigenvalue weighted by Crippen LogP contribution is -2.60. The lowest BCUT2D eigenvalue weighted by atomic mass is 9.52. The molecule has 9 rings (SSSR count). The van der Waals surface area contributed by atoms with Crippen LogP contribution in [-0.4, -0.2) is 58.0 Å². The van der Waals surface area contributed by atoms with Crippen LogP contribution >= 0.6 is 23.1 Å². The molecular weight excluding hydrogens is 595 g/mol. The SMILES string of the molecule is CN(C(=O)c1ccc2sc(CSc3cccc4c3C(=O)N(C3CCC(=O)NC3=O)C4=O)cc2c1)C12CC3CC(CC(C3)C1)C2. The Morgan fingerprint density at radius 3 is 2.43 bits per heavy atom. The average molecular weight is 628 g/mol. The summed E-state index contributed by atoms with van der Waals surface area (Å²) < 4.78 is 1.10. The molecule has 44 heavy (non-hydrogen) atoms. The molecule has 3 aromatic rings. The van der Waals surface area contributed by atoms with Crippen molar-refractivity contribution in [3.05, 3.63) is 64.0 Å². The summed E-state index contributed by atoms with van der Waals surface area (Å²) in [6.07, 6.45) is 7.68. The number of imide groups is 2. The number of fused-ring (bicyclic) bond motifs is 2. The Hall–Kier alpha value is -3.50. The number of thioether (sulfide) groups is 1. The van der Waals surface area contributed by atoms with Crippen LogP contribution < -0.4 is 5.32 Å². The minimum absolute atomic E-state index is 0.0137. The van der Waals surface area contributed by atoms with Crippen LogP contribution in [0.25, 0.3) is 10.1 Å². The minimum Gasteiger partial charge on any atom is -0.336 e. The fourth-order valence-electron chi connectivity index (χ4n) is 8.94. The molecule has 4 saturated carbocycles. The fraction of sp³-hybridized carbons (Fsp3) is 0.441. The van der Waals surface area contributed by atoms with E-state index in [9.17, 15) is 24.0 Å². The highest BCUT2D eigenvalue weighted by atomic mass is 32.2. The number of nitrogens with zero attached hydrogens (tertiary/aromatic N) is 2. The van der Waals surface area contributed by atoms with Gasteiger partial charge in [-0.1, -0.05) is 6.07 Å². The zero-order valence-electron chi connectivity index (χ0n) is 24.5. The van der Waals surface area contributed by atoms with Crippen LogP contribution in [0.4, 0.5) is 0 Å². The highest BCUT2D eigenvalue weighted by molar-refractivity contribution is 7.98. The molecule has 10 heteroatoms. The van der Waals surface area contributed by atoms with Crippen molar-refractivity contribution in [2.45, 2.75) is 73.6 Å². The van der Waals surface area contributed by atoms with E-state index in [-0.39, 0.29) is 29.9 Å². The Morgan fingerprint density at radius 2 is 1.73 bits per heavy atom. The Morgan fingerprint density at radius 1 is 1.00 bits per heavy atom. The molecule has 2 aromatic carbocycles. The molecule has 226 valence electrons. The van der Waals surface area contributed by atoms with E-state index in [1.54, 1.807) is 23.5 Å². The second kappa shape index (κ2) is 10.3. The largest absolute Gasteiger partial charge is 0.336 e. The molecular formula is C34H33N3O5S2. The smallest absolute Gasteiger partial charge is 0.263 e. The summed E-state index contributed by atoms with van der Waals surface area (Å²) in [5.41, 5.74) is 1.34. The average Bonchev–Trinajstić information content (AvgIpc) is 3.52. The number of hydrogen-bond acceptors (Lipinski definition) is 7. The van der Waals surface area contributed by atoms with E-state index >= 15 is 0 Å². The maximum Gasteiger partial charge on any atom is 0.263 e. The van der Waals surface area contributed by atoms with Gasteiger partial charge in [-0.05, 0) is 104 Å². The zero-order chi connectivity index (χ0) is 30.3. The summed E-state index contributed by atoms with van der Waals surface area (Å²) in [7, 11) is 2.01. The van der Waals surface area contributed by atoms with Crippen molar-refractivity contribution in [3.63, 3.8) is 0 Å². The molecule has 0 radical (unpaired) electrons. The van der Waals surface area contributed by atoms with Crippen molar-refractivity contribution in [2.24, 2.45) is 17.8 Å². The minimum atomic E-state index is -0.987. The van der Waals surface area contributed by atoms with Gasteiger partial charge in [0, 0.05) is 44.8 Å². The van der Waals surface area contributed by atoms with Crippen molar-refractivity contribution in [1.82, 2.24) is 15.1 Å². The van der Waals surface area contributed by atoms with Crippen LogP contribution in [0.2, 0.25) is 0 Å². The van der Waals surface area contributed by atoms with Crippen molar-refractivity contribution >= 4 is 62.7 Å². The molecule has 4 bridgehead atoms. The van der Waals surface area contributed by atoms with Crippen molar-refractivity contribution < 1.29 is 24.0 Å². The number of carbonyl (C=O) groups is 5. The van der Waals surface area contributed by atoms with Crippen LogP contribution in [0.1, 0.15) is 87.3 Å². The lowest BCUT2D eigenvalue weighted by Gasteiger charge is -2.59. The molecule has 1 saturated heterocycles. The molecule has 6 aliphatic rings. The highest BCUT2D eigenvalue weighted by Gasteiger charge is 2.54. The molecule has 1 unspecified atom stereocenters. The van der Waals surface area contributed by atoms with Crippen LogP contribution in [-0.2, 0) is 15.3 Å². The standard InChI is InChI=1S/C34H33N3O5S2/c1-36(34-14-18-9-19(15-34)11-20(10-18)16-34)31(40)21-5-7-26-22(12-21)13-23(44-26)17-43-27-4-2-3-24-29(27)33(42)37(32(24)41)25-6-8-28(38)35-30(25)39/h2-5,7,12-13,18-20,25H,6,8-11,14-17H2,1H3,(H,35,38,39). The van der Waals surface area contributed by atoms with Crippen molar-refractivity contribution in [2.75, 3.05) is 7.05 Å². The first kappa shape index (κ1) is 28.0. The number of nitrogens with one attached hydrogen (secondary N) is 1. The van der Waals surface area contributed by atoms with Crippen molar-refractivity contribution in [3.8, 4) is 0 Å². The first-order valence-electron chi connectivity index (χ1n) is 15.5. The Bertz CT molecular complexity index is 1740. The van der Waals surface area contributed by atoms with Crippen LogP contribution in [0, 0.1) is 17.8 Å². The fourth-order valence-corrected chi connectivity index (χ4v) is 11.1. The number of carbonyl (C=O) groups excluding carboxylic acids is 5. The number of rotatable bonds is 6. The maximum absolute atomic E-state index is 13.8. The van der Waals surface area contributed by atoms with Crippen LogP contribution in [0.5, 0.6) is 0 Å². The Balaban J connectivity index is 0.991. The maximum atomic E-state index is 13.8. The second-order valence-corrected chi connectivity index (χ2v) is 15.6. The van der Waals surface area contributed by atoms with Gasteiger partial charge in [0.25, 0.3) is 17.7 Å².